The molecule has 0 saturated heterocycles. The Morgan fingerprint density at radius 2 is 2.00 bits per heavy atom. The van der Waals surface area contributed by atoms with E-state index in [1.165, 1.54) is 12.3 Å². The minimum atomic E-state index is -4.33. The molecule has 84 valence electrons. The Hall–Kier alpha value is -1.98. The predicted molar refractivity (Wildman–Crippen MR) is 53.3 cm³/mol. The lowest BCUT2D eigenvalue weighted by molar-refractivity contribution is -0.137. The lowest BCUT2D eigenvalue weighted by atomic mass is 10.2. The molecule has 1 aromatic heterocycles. The molecule has 0 fully saturated rings. The van der Waals surface area contributed by atoms with Crippen molar-refractivity contribution in [3.63, 3.8) is 0 Å². The molecule has 3 nitrogen and oxygen atoms in total. The first kappa shape index (κ1) is 10.5. The molecule has 2 aromatic rings. The molecule has 1 heterocycles. The molecule has 0 bridgehead atoms. The lowest BCUT2D eigenvalue weighted by Gasteiger charge is -2.09. The minimum Gasteiger partial charge on any atom is -0.353 e. The van der Waals surface area contributed by atoms with Gasteiger partial charge in [0.2, 0.25) is 0 Å². The van der Waals surface area contributed by atoms with Crippen LogP contribution in [0, 0.1) is 0 Å². The Morgan fingerprint density at radius 3 is 2.62 bits per heavy atom. The van der Waals surface area contributed by atoms with Crippen molar-refractivity contribution in [2.75, 3.05) is 5.32 Å². The molecule has 0 unspecified atom stereocenters. The van der Waals surface area contributed by atoms with Gasteiger partial charge in [-0.05, 0) is 18.2 Å². The fraction of sp³-hybridized carbons (Fsp3) is 0.100. The normalized spacial score (nSPS) is 11.4. The summed E-state index contributed by atoms with van der Waals surface area (Å²) in [5, 5.41) is 9.04. The zero-order chi connectivity index (χ0) is 11.6. The lowest BCUT2D eigenvalue weighted by Crippen LogP contribution is -2.05. The van der Waals surface area contributed by atoms with Gasteiger partial charge in [-0.2, -0.15) is 18.3 Å². The number of halogens is 3. The summed E-state index contributed by atoms with van der Waals surface area (Å²) in [5.41, 5.74) is 0.302. The Labute approximate surface area is 89.3 Å². The second kappa shape index (κ2) is 3.88. The second-order valence-electron chi connectivity index (χ2n) is 3.19. The second-order valence-corrected chi connectivity index (χ2v) is 3.19. The summed E-state index contributed by atoms with van der Waals surface area (Å²) in [5.74, 6) is 0. The molecule has 16 heavy (non-hydrogen) atoms. The Balaban J connectivity index is 2.23. The van der Waals surface area contributed by atoms with Gasteiger partial charge in [0.05, 0.1) is 17.4 Å². The number of H-pyrrole nitrogens is 1. The van der Waals surface area contributed by atoms with E-state index in [9.17, 15) is 13.2 Å². The zero-order valence-electron chi connectivity index (χ0n) is 8.05. The maximum Gasteiger partial charge on any atom is 0.416 e. The molecule has 6 heteroatoms. The third-order valence-corrected chi connectivity index (χ3v) is 1.98. The van der Waals surface area contributed by atoms with Gasteiger partial charge in [-0.15, -0.1) is 0 Å². The van der Waals surface area contributed by atoms with Crippen LogP contribution < -0.4 is 5.32 Å². The topological polar surface area (TPSA) is 40.7 Å². The highest BCUT2D eigenvalue weighted by Gasteiger charge is 2.30. The summed E-state index contributed by atoms with van der Waals surface area (Å²) >= 11 is 0. The Kier molecular flexibility index (Phi) is 2.55. The van der Waals surface area contributed by atoms with Crippen LogP contribution in [0.5, 0.6) is 0 Å². The van der Waals surface area contributed by atoms with Gasteiger partial charge < -0.3 is 5.32 Å². The van der Waals surface area contributed by atoms with Crippen molar-refractivity contribution in [3.05, 3.63) is 42.2 Å². The van der Waals surface area contributed by atoms with E-state index in [-0.39, 0.29) is 0 Å². The van der Waals surface area contributed by atoms with Gasteiger partial charge in [0.1, 0.15) is 0 Å². The largest absolute Gasteiger partial charge is 0.416 e. The van der Waals surface area contributed by atoms with E-state index in [1.54, 1.807) is 12.3 Å². The maximum absolute atomic E-state index is 12.4. The number of benzene rings is 1. The number of hydrogen-bond donors (Lipinski definition) is 2. The molecule has 0 aliphatic carbocycles. The molecule has 2 N–H and O–H groups in total. The van der Waals surface area contributed by atoms with Crippen molar-refractivity contribution in [1.29, 1.82) is 0 Å². The smallest absolute Gasteiger partial charge is 0.353 e. The van der Waals surface area contributed by atoms with Gasteiger partial charge in [0.25, 0.3) is 0 Å². The quantitative estimate of drug-likeness (QED) is 0.827. The van der Waals surface area contributed by atoms with Gasteiger partial charge >= 0.3 is 6.18 Å². The first-order valence-electron chi connectivity index (χ1n) is 4.49. The van der Waals surface area contributed by atoms with Gasteiger partial charge in [-0.3, -0.25) is 5.10 Å². The maximum atomic E-state index is 12.4. The number of rotatable bonds is 2. The number of alkyl halides is 3. The Bertz CT molecular complexity index is 462. The van der Waals surface area contributed by atoms with Crippen molar-refractivity contribution in [2.45, 2.75) is 6.18 Å². The van der Waals surface area contributed by atoms with Crippen molar-refractivity contribution in [2.24, 2.45) is 0 Å². The zero-order valence-corrected chi connectivity index (χ0v) is 8.05. The first-order valence-corrected chi connectivity index (χ1v) is 4.49. The molecule has 0 aliphatic heterocycles. The molecule has 0 amide bonds. The number of aromatic nitrogens is 2. The number of nitrogens with one attached hydrogen (secondary N) is 2. The van der Waals surface area contributed by atoms with E-state index in [0.29, 0.717) is 11.4 Å². The van der Waals surface area contributed by atoms with E-state index in [0.717, 1.165) is 12.1 Å². The molecule has 0 aliphatic rings. The van der Waals surface area contributed by atoms with E-state index >= 15 is 0 Å². The summed E-state index contributed by atoms with van der Waals surface area (Å²) in [7, 11) is 0. The van der Waals surface area contributed by atoms with E-state index in [2.05, 4.69) is 15.5 Å². The minimum absolute atomic E-state index is 0.372. The highest BCUT2D eigenvalue weighted by Crippen LogP contribution is 2.31. The van der Waals surface area contributed by atoms with Gasteiger partial charge in [0.15, 0.2) is 0 Å². The monoisotopic (exact) mass is 227 g/mol. The number of anilines is 2. The molecule has 0 radical (unpaired) electrons. The van der Waals surface area contributed by atoms with Crippen LogP contribution in [0.25, 0.3) is 0 Å². The molecular weight excluding hydrogens is 219 g/mol. The highest BCUT2D eigenvalue weighted by molar-refractivity contribution is 5.58. The van der Waals surface area contributed by atoms with Gasteiger partial charge in [0, 0.05) is 11.9 Å². The van der Waals surface area contributed by atoms with Crippen molar-refractivity contribution in [3.8, 4) is 0 Å². The number of aromatic amines is 1. The number of hydrogen-bond acceptors (Lipinski definition) is 2. The molecule has 0 spiro atoms. The first-order chi connectivity index (χ1) is 7.55. The van der Waals surface area contributed by atoms with Crippen molar-refractivity contribution in [1.82, 2.24) is 10.2 Å². The Morgan fingerprint density at radius 1 is 1.19 bits per heavy atom. The fourth-order valence-corrected chi connectivity index (χ4v) is 1.26. The van der Waals surface area contributed by atoms with E-state index in [1.807, 2.05) is 0 Å². The van der Waals surface area contributed by atoms with Crippen LogP contribution in [-0.4, -0.2) is 10.2 Å². The van der Waals surface area contributed by atoms with Crippen LogP contribution in [-0.2, 0) is 6.18 Å². The van der Waals surface area contributed by atoms with E-state index in [4.69, 9.17) is 0 Å². The highest BCUT2D eigenvalue weighted by atomic mass is 19.4. The molecule has 2 rings (SSSR count). The van der Waals surface area contributed by atoms with Gasteiger partial charge in [-0.25, -0.2) is 0 Å². The summed E-state index contributed by atoms with van der Waals surface area (Å²) in [4.78, 5) is 0. The average Bonchev–Trinajstić information content (AvgIpc) is 2.70. The summed E-state index contributed by atoms with van der Waals surface area (Å²) in [6.45, 7) is 0. The molecule has 0 saturated carbocycles. The van der Waals surface area contributed by atoms with Crippen molar-refractivity contribution < 1.29 is 13.2 Å². The number of nitrogens with zero attached hydrogens (tertiary/aromatic N) is 1. The average molecular weight is 227 g/mol. The summed E-state index contributed by atoms with van der Waals surface area (Å²) in [6.07, 6.45) is -1.28. The third-order valence-electron chi connectivity index (χ3n) is 1.98. The summed E-state index contributed by atoms with van der Waals surface area (Å²) in [6, 6.07) is 4.99. The van der Waals surface area contributed by atoms with Crippen LogP contribution >= 0.6 is 0 Å². The summed E-state index contributed by atoms with van der Waals surface area (Å²) < 4.78 is 37.2. The van der Waals surface area contributed by atoms with Crippen LogP contribution in [0.4, 0.5) is 24.5 Å². The van der Waals surface area contributed by atoms with Crippen LogP contribution in [0.3, 0.4) is 0 Å². The fourth-order valence-electron chi connectivity index (χ4n) is 1.26. The molecular formula is C10H8F3N3. The van der Waals surface area contributed by atoms with Crippen LogP contribution in [0.1, 0.15) is 5.56 Å². The SMILES string of the molecule is FC(F)(F)c1cccc(Nc2cn[nH]c2)c1. The molecule has 0 atom stereocenters. The predicted octanol–water partition coefficient (Wildman–Crippen LogP) is 3.17. The standard InChI is InChI=1S/C10H8F3N3/c11-10(12,13)7-2-1-3-8(4-7)16-9-5-14-15-6-9/h1-6,16H,(H,14,15). The molecule has 1 aromatic carbocycles. The van der Waals surface area contributed by atoms with Crippen LogP contribution in [0.2, 0.25) is 0 Å². The van der Waals surface area contributed by atoms with Crippen LogP contribution in [0.15, 0.2) is 36.7 Å². The van der Waals surface area contributed by atoms with E-state index < -0.39 is 11.7 Å². The third kappa shape index (κ3) is 2.33. The van der Waals surface area contributed by atoms with Crippen molar-refractivity contribution >= 4 is 11.4 Å². The van der Waals surface area contributed by atoms with Gasteiger partial charge in [-0.1, -0.05) is 6.07 Å².